The summed E-state index contributed by atoms with van der Waals surface area (Å²) in [6.07, 6.45) is 63.7. The fourth-order valence-corrected chi connectivity index (χ4v) is 14.3. The van der Waals surface area contributed by atoms with Crippen molar-refractivity contribution in [2.45, 2.75) is 452 Å². The number of hydrogen-bond donors (Lipinski definition) is 3. The van der Waals surface area contributed by atoms with Crippen molar-refractivity contribution in [3.05, 3.63) is 0 Å². The van der Waals surface area contributed by atoms with Crippen LogP contribution in [0.5, 0.6) is 0 Å². The van der Waals surface area contributed by atoms with Crippen LogP contribution in [0.2, 0.25) is 0 Å². The fraction of sp³-hybridized carbons (Fsp3) is 0.951. The summed E-state index contributed by atoms with van der Waals surface area (Å²) < 4.78 is 68.8. The molecule has 0 radical (unpaired) electrons. The minimum Gasteiger partial charge on any atom is -0.462 e. The Kier molecular flexibility index (Phi) is 72.2. The lowest BCUT2D eigenvalue weighted by molar-refractivity contribution is -0.161. The second-order valence-corrected chi connectivity index (χ2v) is 33.1. The molecule has 0 aromatic heterocycles. The van der Waals surface area contributed by atoms with Gasteiger partial charge >= 0.3 is 39.5 Å². The van der Waals surface area contributed by atoms with Crippen LogP contribution < -0.4 is 0 Å². The Morgan fingerprint density at radius 2 is 0.505 bits per heavy atom. The molecule has 0 saturated carbocycles. The van der Waals surface area contributed by atoms with Gasteiger partial charge in [-0.15, -0.1) is 0 Å². The fourth-order valence-electron chi connectivity index (χ4n) is 12.7. The predicted molar refractivity (Wildman–Crippen MR) is 414 cm³/mol. The zero-order chi connectivity index (χ0) is 74.2. The SMILES string of the molecule is CCCCCCCCCCCCCCCCCCCCC(=O)O[C@H](COC(=O)CCCCCCCCCCCCCCCCCCC)COP(=O)(O)OC[C@@H](O)COP(=O)(O)OC[C@@H](COC(=O)CCCCCCCCCCC(C)CC)OC(=O)CCCCCCCCCCCCCC(C)C. The third-order valence-corrected chi connectivity index (χ3v) is 21.5. The minimum atomic E-state index is -4.96. The molecular formula is C82H160O17P2. The number of rotatable bonds is 81. The zero-order valence-electron chi connectivity index (χ0n) is 66.2. The lowest BCUT2D eigenvalue weighted by atomic mass is 9.99. The molecule has 17 nitrogen and oxygen atoms in total. The average molecular weight is 1480 g/mol. The molecule has 0 aliphatic carbocycles. The molecule has 3 N–H and O–H groups in total. The molecule has 0 bridgehead atoms. The zero-order valence-corrected chi connectivity index (χ0v) is 68.0. The van der Waals surface area contributed by atoms with E-state index >= 15 is 0 Å². The van der Waals surface area contributed by atoms with E-state index in [4.69, 9.17) is 37.0 Å². The number of phosphoric acid groups is 2. The molecule has 0 aromatic carbocycles. The maximum atomic E-state index is 13.1. The number of aliphatic hydroxyl groups excluding tert-OH is 1. The highest BCUT2D eigenvalue weighted by Crippen LogP contribution is 2.45. The van der Waals surface area contributed by atoms with Gasteiger partial charge in [0.15, 0.2) is 12.2 Å². The van der Waals surface area contributed by atoms with Crippen molar-refractivity contribution >= 4 is 39.5 Å². The first-order valence-corrected chi connectivity index (χ1v) is 45.5. The van der Waals surface area contributed by atoms with Gasteiger partial charge in [0, 0.05) is 25.7 Å². The van der Waals surface area contributed by atoms with E-state index in [1.165, 1.54) is 250 Å². The Balaban J connectivity index is 5.26. The Bertz CT molecular complexity index is 1940. The number of phosphoric ester groups is 2. The summed E-state index contributed by atoms with van der Waals surface area (Å²) in [4.78, 5) is 73.1. The van der Waals surface area contributed by atoms with Gasteiger partial charge in [0.1, 0.15) is 19.3 Å². The number of aliphatic hydroxyl groups is 1. The van der Waals surface area contributed by atoms with Crippen molar-refractivity contribution < 1.29 is 80.2 Å². The maximum Gasteiger partial charge on any atom is 0.472 e. The first-order valence-electron chi connectivity index (χ1n) is 42.5. The highest BCUT2D eigenvalue weighted by Gasteiger charge is 2.30. The summed E-state index contributed by atoms with van der Waals surface area (Å²) in [6, 6.07) is 0. The van der Waals surface area contributed by atoms with Crippen molar-refractivity contribution in [2.75, 3.05) is 39.6 Å². The van der Waals surface area contributed by atoms with Crippen molar-refractivity contribution in [3.63, 3.8) is 0 Å². The molecule has 19 heteroatoms. The molecule has 0 rings (SSSR count). The maximum absolute atomic E-state index is 13.1. The first-order chi connectivity index (χ1) is 48.9. The highest BCUT2D eigenvalue weighted by atomic mass is 31.2. The first kappa shape index (κ1) is 99.1. The monoisotopic (exact) mass is 1480 g/mol. The number of unbranched alkanes of at least 4 members (excludes halogenated alkanes) is 50. The van der Waals surface area contributed by atoms with E-state index in [9.17, 15) is 43.2 Å². The summed E-state index contributed by atoms with van der Waals surface area (Å²) >= 11 is 0. The normalized spacial score (nSPS) is 14.2. The van der Waals surface area contributed by atoms with Gasteiger partial charge in [0.05, 0.1) is 26.4 Å². The number of carbonyl (C=O) groups is 4. The van der Waals surface area contributed by atoms with E-state index in [1.54, 1.807) is 0 Å². The van der Waals surface area contributed by atoms with Crippen molar-refractivity contribution in [3.8, 4) is 0 Å². The Hall–Kier alpha value is -1.94. The van der Waals surface area contributed by atoms with E-state index < -0.39 is 97.5 Å². The van der Waals surface area contributed by atoms with Gasteiger partial charge in [-0.05, 0) is 37.5 Å². The van der Waals surface area contributed by atoms with E-state index in [-0.39, 0.29) is 25.7 Å². The lowest BCUT2D eigenvalue weighted by Crippen LogP contribution is -2.30. The van der Waals surface area contributed by atoms with E-state index in [1.807, 2.05) is 0 Å². The average Bonchev–Trinajstić information content (AvgIpc) is 0.961. The summed E-state index contributed by atoms with van der Waals surface area (Å²) in [5, 5.41) is 10.7. The van der Waals surface area contributed by atoms with Gasteiger partial charge < -0.3 is 33.8 Å². The largest absolute Gasteiger partial charge is 0.472 e. The molecule has 101 heavy (non-hydrogen) atoms. The quantitative estimate of drug-likeness (QED) is 0.0222. The third kappa shape index (κ3) is 74.7. The van der Waals surface area contributed by atoms with Gasteiger partial charge in [-0.25, -0.2) is 9.13 Å². The van der Waals surface area contributed by atoms with Crippen LogP contribution in [0.4, 0.5) is 0 Å². The molecule has 0 heterocycles. The molecule has 0 aromatic rings. The van der Waals surface area contributed by atoms with Gasteiger partial charge in [-0.3, -0.25) is 37.3 Å². The van der Waals surface area contributed by atoms with Crippen LogP contribution in [0.1, 0.15) is 433 Å². The molecule has 0 fully saturated rings. The van der Waals surface area contributed by atoms with Crippen molar-refractivity contribution in [1.82, 2.24) is 0 Å². The van der Waals surface area contributed by atoms with Gasteiger partial charge in [0.25, 0.3) is 0 Å². The number of esters is 4. The second-order valence-electron chi connectivity index (χ2n) is 30.2. The highest BCUT2D eigenvalue weighted by molar-refractivity contribution is 7.47. The van der Waals surface area contributed by atoms with E-state index in [0.717, 1.165) is 102 Å². The smallest absolute Gasteiger partial charge is 0.462 e. The van der Waals surface area contributed by atoms with Crippen LogP contribution in [0.25, 0.3) is 0 Å². The van der Waals surface area contributed by atoms with Gasteiger partial charge in [0.2, 0.25) is 0 Å². The van der Waals surface area contributed by atoms with Gasteiger partial charge in [-0.1, -0.05) is 382 Å². The molecule has 600 valence electrons. The molecule has 0 aliphatic rings. The lowest BCUT2D eigenvalue weighted by Gasteiger charge is -2.21. The standard InChI is InChI=1S/C82H160O17P2/c1-7-10-12-14-16-18-20-22-24-26-28-30-32-36-40-48-54-60-66-81(86)98-77(70-92-79(84)64-58-52-46-39-35-31-29-27-25-23-21-19-17-15-13-11-8-2)72-96-100(88,89)94-68-76(83)69-95-101(90,91)97-73-78(71-93-80(85)65-59-53-47-43-42-45-51-57-63-75(6)9-3)99-82(87)67-61-55-49-41-37-33-34-38-44-50-56-62-74(4)5/h74-78,83H,7-73H2,1-6H3,(H,88,89)(H,90,91)/t75?,76-,77-,78-/m1/s1. The molecule has 0 amide bonds. The number of carbonyl (C=O) groups excluding carboxylic acids is 4. The number of ether oxygens (including phenoxy) is 4. The van der Waals surface area contributed by atoms with Crippen LogP contribution >= 0.6 is 15.6 Å². The summed E-state index contributed by atoms with van der Waals surface area (Å²) in [5.41, 5.74) is 0. The molecule has 0 aliphatic heterocycles. The second kappa shape index (κ2) is 73.6. The van der Waals surface area contributed by atoms with E-state index in [0.29, 0.717) is 25.7 Å². The third-order valence-electron chi connectivity index (χ3n) is 19.6. The molecule has 0 saturated heterocycles. The Morgan fingerprint density at radius 1 is 0.287 bits per heavy atom. The Morgan fingerprint density at radius 3 is 0.752 bits per heavy atom. The predicted octanol–water partition coefficient (Wildman–Crippen LogP) is 24.7. The van der Waals surface area contributed by atoms with Crippen LogP contribution in [0.15, 0.2) is 0 Å². The molecular weight excluding hydrogens is 1320 g/mol. The molecule has 6 atom stereocenters. The van der Waals surface area contributed by atoms with Crippen LogP contribution in [-0.2, 0) is 65.4 Å². The van der Waals surface area contributed by atoms with Crippen molar-refractivity contribution in [2.24, 2.45) is 11.8 Å². The molecule has 3 unspecified atom stereocenters. The van der Waals surface area contributed by atoms with Crippen LogP contribution in [0.3, 0.4) is 0 Å². The summed E-state index contributed by atoms with van der Waals surface area (Å²) in [6.45, 7) is 9.65. The minimum absolute atomic E-state index is 0.106. The van der Waals surface area contributed by atoms with Crippen molar-refractivity contribution in [1.29, 1.82) is 0 Å². The van der Waals surface area contributed by atoms with Crippen LogP contribution in [0, 0.1) is 11.8 Å². The summed E-state index contributed by atoms with van der Waals surface area (Å²) in [5.74, 6) is -0.564. The Labute approximate surface area is 619 Å². The van der Waals surface area contributed by atoms with E-state index in [2.05, 4.69) is 41.5 Å². The molecule has 0 spiro atoms. The number of hydrogen-bond acceptors (Lipinski definition) is 15. The topological polar surface area (TPSA) is 237 Å². The van der Waals surface area contributed by atoms with Crippen LogP contribution in [-0.4, -0.2) is 96.7 Å². The van der Waals surface area contributed by atoms with Gasteiger partial charge in [-0.2, -0.15) is 0 Å². The summed E-state index contributed by atoms with van der Waals surface area (Å²) in [7, 11) is -9.92.